The van der Waals surface area contributed by atoms with Gasteiger partial charge in [-0.15, -0.1) is 0 Å². The highest BCUT2D eigenvalue weighted by Crippen LogP contribution is 2.18. The summed E-state index contributed by atoms with van der Waals surface area (Å²) in [6.45, 7) is 2.49. The van der Waals surface area contributed by atoms with Crippen LogP contribution in [0.15, 0.2) is 65.4 Å². The third-order valence-corrected chi connectivity index (χ3v) is 3.72. The number of nitrogens with zero attached hydrogens (tertiary/aromatic N) is 1. The van der Waals surface area contributed by atoms with Gasteiger partial charge >= 0.3 is 5.97 Å². The number of aromatic nitrogens is 1. The Hall–Kier alpha value is -3.61. The minimum atomic E-state index is -0.482. The molecule has 0 saturated heterocycles. The zero-order valence-electron chi connectivity index (χ0n) is 14.8. The number of anilines is 2. The topological polar surface area (TPSA) is 93.5 Å². The van der Waals surface area contributed by atoms with Crippen molar-refractivity contribution in [2.24, 2.45) is 0 Å². The summed E-state index contributed by atoms with van der Waals surface area (Å²) in [6, 6.07) is 13.7. The molecule has 0 atom stereocenters. The zero-order chi connectivity index (χ0) is 19.1. The Kier molecular flexibility index (Phi) is 5.84. The van der Waals surface area contributed by atoms with Crippen LogP contribution in [0.1, 0.15) is 33.4 Å². The summed E-state index contributed by atoms with van der Waals surface area (Å²) in [7, 11) is 0. The van der Waals surface area contributed by atoms with Crippen molar-refractivity contribution in [2.75, 3.05) is 17.2 Å². The highest BCUT2D eigenvalue weighted by molar-refractivity contribution is 6.07. The molecule has 7 nitrogen and oxygen atoms in total. The first-order valence-electron chi connectivity index (χ1n) is 8.47. The molecule has 2 aromatic heterocycles. The van der Waals surface area contributed by atoms with Crippen molar-refractivity contribution in [3.05, 3.63) is 77.9 Å². The number of ether oxygens (including phenoxy) is 1. The molecule has 2 heterocycles. The predicted molar refractivity (Wildman–Crippen MR) is 101 cm³/mol. The van der Waals surface area contributed by atoms with Crippen LogP contribution in [0.3, 0.4) is 0 Å². The van der Waals surface area contributed by atoms with Crippen LogP contribution < -0.4 is 10.6 Å². The molecule has 0 unspecified atom stereocenters. The maximum absolute atomic E-state index is 12.5. The Bertz CT molecular complexity index is 905. The standard InChI is InChI=1S/C20H19N3O4/c1-2-26-20(25)16-7-3-4-8-17(16)23-19(24)14-9-10-18(21-12-14)22-13-15-6-5-11-27-15/h3-12H,2,13H2,1H3,(H,21,22)(H,23,24). The van der Waals surface area contributed by atoms with E-state index in [0.717, 1.165) is 5.76 Å². The van der Waals surface area contributed by atoms with Crippen LogP contribution in [-0.4, -0.2) is 23.5 Å². The number of amides is 1. The molecule has 1 amide bonds. The van der Waals surface area contributed by atoms with E-state index >= 15 is 0 Å². The van der Waals surface area contributed by atoms with Gasteiger partial charge in [-0.1, -0.05) is 12.1 Å². The van der Waals surface area contributed by atoms with Crippen molar-refractivity contribution in [1.82, 2.24) is 4.98 Å². The SMILES string of the molecule is CCOC(=O)c1ccccc1NC(=O)c1ccc(NCc2ccco2)nc1. The molecule has 3 rings (SSSR count). The second-order valence-corrected chi connectivity index (χ2v) is 5.59. The molecule has 0 aliphatic rings. The van der Waals surface area contributed by atoms with Gasteiger partial charge in [0, 0.05) is 6.20 Å². The fourth-order valence-corrected chi connectivity index (χ4v) is 2.40. The van der Waals surface area contributed by atoms with E-state index in [1.54, 1.807) is 49.6 Å². The Labute approximate surface area is 156 Å². The highest BCUT2D eigenvalue weighted by Gasteiger charge is 2.15. The van der Waals surface area contributed by atoms with Crippen LogP contribution in [0.2, 0.25) is 0 Å². The minimum Gasteiger partial charge on any atom is -0.467 e. The van der Waals surface area contributed by atoms with Crippen molar-refractivity contribution in [2.45, 2.75) is 13.5 Å². The average molecular weight is 365 g/mol. The number of para-hydroxylation sites is 1. The van der Waals surface area contributed by atoms with Gasteiger partial charge in [-0.05, 0) is 43.3 Å². The van der Waals surface area contributed by atoms with E-state index in [2.05, 4.69) is 15.6 Å². The van der Waals surface area contributed by atoms with Gasteiger partial charge in [0.1, 0.15) is 11.6 Å². The number of hydrogen-bond acceptors (Lipinski definition) is 6. The van der Waals surface area contributed by atoms with Gasteiger partial charge in [0.2, 0.25) is 0 Å². The Morgan fingerprint density at radius 2 is 1.96 bits per heavy atom. The highest BCUT2D eigenvalue weighted by atomic mass is 16.5. The summed E-state index contributed by atoms with van der Waals surface area (Å²) in [5.74, 6) is 0.560. The summed E-state index contributed by atoms with van der Waals surface area (Å²) in [5.41, 5.74) is 1.07. The van der Waals surface area contributed by atoms with E-state index < -0.39 is 5.97 Å². The van der Waals surface area contributed by atoms with Crippen LogP contribution in [0, 0.1) is 0 Å². The lowest BCUT2D eigenvalue weighted by molar-refractivity contribution is 0.0527. The summed E-state index contributed by atoms with van der Waals surface area (Å²) in [5, 5.41) is 5.83. The third kappa shape index (κ3) is 4.72. The molecule has 0 saturated carbocycles. The number of carbonyl (C=O) groups is 2. The smallest absolute Gasteiger partial charge is 0.340 e. The monoisotopic (exact) mass is 365 g/mol. The lowest BCUT2D eigenvalue weighted by Crippen LogP contribution is -2.16. The molecule has 1 aromatic carbocycles. The molecule has 7 heteroatoms. The number of carbonyl (C=O) groups excluding carboxylic acids is 2. The molecule has 138 valence electrons. The van der Waals surface area contributed by atoms with Crippen LogP contribution in [0.5, 0.6) is 0 Å². The van der Waals surface area contributed by atoms with Crippen molar-refractivity contribution >= 4 is 23.4 Å². The molecular formula is C20H19N3O4. The predicted octanol–water partition coefficient (Wildman–Crippen LogP) is 3.72. The first-order valence-corrected chi connectivity index (χ1v) is 8.47. The Morgan fingerprint density at radius 3 is 2.67 bits per heavy atom. The molecule has 0 bridgehead atoms. The number of hydrogen-bond donors (Lipinski definition) is 2. The van der Waals surface area contributed by atoms with E-state index in [0.29, 0.717) is 29.2 Å². The maximum atomic E-state index is 12.5. The van der Waals surface area contributed by atoms with Crippen LogP contribution >= 0.6 is 0 Å². The Balaban J connectivity index is 1.65. The largest absolute Gasteiger partial charge is 0.467 e. The van der Waals surface area contributed by atoms with Gasteiger partial charge in [0.05, 0.1) is 36.2 Å². The van der Waals surface area contributed by atoms with Crippen molar-refractivity contribution < 1.29 is 18.7 Å². The zero-order valence-corrected chi connectivity index (χ0v) is 14.8. The number of benzene rings is 1. The molecule has 0 aliphatic carbocycles. The van der Waals surface area contributed by atoms with Crippen LogP contribution in [0.4, 0.5) is 11.5 Å². The molecular weight excluding hydrogens is 346 g/mol. The van der Waals surface area contributed by atoms with Crippen LogP contribution in [0.25, 0.3) is 0 Å². The van der Waals surface area contributed by atoms with Gasteiger partial charge in [0.25, 0.3) is 5.91 Å². The molecule has 0 fully saturated rings. The van der Waals surface area contributed by atoms with Gasteiger partial charge in [-0.3, -0.25) is 4.79 Å². The van der Waals surface area contributed by atoms with E-state index in [1.165, 1.54) is 6.20 Å². The first-order chi connectivity index (χ1) is 13.2. The number of nitrogens with one attached hydrogen (secondary N) is 2. The van der Waals surface area contributed by atoms with E-state index in [-0.39, 0.29) is 12.5 Å². The molecule has 0 spiro atoms. The van der Waals surface area contributed by atoms with Gasteiger partial charge < -0.3 is 19.8 Å². The molecule has 3 aromatic rings. The molecule has 27 heavy (non-hydrogen) atoms. The second kappa shape index (κ2) is 8.66. The van der Waals surface area contributed by atoms with E-state index in [4.69, 9.17) is 9.15 Å². The Morgan fingerprint density at radius 1 is 1.11 bits per heavy atom. The lowest BCUT2D eigenvalue weighted by atomic mass is 10.1. The summed E-state index contributed by atoms with van der Waals surface area (Å²) < 4.78 is 10.2. The molecule has 0 aliphatic heterocycles. The number of esters is 1. The fraction of sp³-hybridized carbons (Fsp3) is 0.150. The first kappa shape index (κ1) is 18.2. The maximum Gasteiger partial charge on any atom is 0.340 e. The fourth-order valence-electron chi connectivity index (χ4n) is 2.40. The van der Waals surface area contributed by atoms with E-state index in [1.807, 2.05) is 12.1 Å². The van der Waals surface area contributed by atoms with Gasteiger partial charge in [-0.25, -0.2) is 9.78 Å². The van der Waals surface area contributed by atoms with E-state index in [9.17, 15) is 9.59 Å². The van der Waals surface area contributed by atoms with Crippen molar-refractivity contribution in [1.29, 1.82) is 0 Å². The lowest BCUT2D eigenvalue weighted by Gasteiger charge is -2.10. The molecule has 0 radical (unpaired) electrons. The quantitative estimate of drug-likeness (QED) is 0.620. The molecule has 2 N–H and O–H groups in total. The van der Waals surface area contributed by atoms with Crippen molar-refractivity contribution in [3.63, 3.8) is 0 Å². The number of furan rings is 1. The summed E-state index contributed by atoms with van der Waals surface area (Å²) in [6.07, 6.45) is 3.07. The summed E-state index contributed by atoms with van der Waals surface area (Å²) >= 11 is 0. The minimum absolute atomic E-state index is 0.261. The third-order valence-electron chi connectivity index (χ3n) is 3.72. The number of rotatable bonds is 7. The van der Waals surface area contributed by atoms with Crippen LogP contribution in [-0.2, 0) is 11.3 Å². The summed E-state index contributed by atoms with van der Waals surface area (Å²) in [4.78, 5) is 28.7. The van der Waals surface area contributed by atoms with Gasteiger partial charge in [0.15, 0.2) is 0 Å². The van der Waals surface area contributed by atoms with Gasteiger partial charge in [-0.2, -0.15) is 0 Å². The average Bonchev–Trinajstić information content (AvgIpc) is 3.21. The number of pyridine rings is 1. The normalized spacial score (nSPS) is 10.3. The van der Waals surface area contributed by atoms with Crippen molar-refractivity contribution in [3.8, 4) is 0 Å². The second-order valence-electron chi connectivity index (χ2n) is 5.59.